The van der Waals surface area contributed by atoms with Gasteiger partial charge in [-0.15, -0.1) is 0 Å². The highest BCUT2D eigenvalue weighted by Crippen LogP contribution is 2.18. The Morgan fingerprint density at radius 3 is 2.39 bits per heavy atom. The molecule has 5 nitrogen and oxygen atoms in total. The minimum atomic E-state index is -3.51. The van der Waals surface area contributed by atoms with E-state index in [0.717, 1.165) is 16.3 Å². The molecule has 28 heavy (non-hydrogen) atoms. The maximum atomic E-state index is 12.5. The van der Waals surface area contributed by atoms with Gasteiger partial charge in [-0.25, -0.2) is 12.7 Å². The number of nitrogens with one attached hydrogen (secondary N) is 1. The molecule has 0 aromatic heterocycles. The third-order valence-corrected chi connectivity index (χ3v) is 6.56. The maximum absolute atomic E-state index is 12.5. The van der Waals surface area contributed by atoms with Gasteiger partial charge >= 0.3 is 0 Å². The van der Waals surface area contributed by atoms with Crippen molar-refractivity contribution in [3.63, 3.8) is 0 Å². The Balaban J connectivity index is 1.49. The Bertz CT molecular complexity index is 1040. The van der Waals surface area contributed by atoms with Gasteiger partial charge in [0.2, 0.25) is 15.9 Å². The van der Waals surface area contributed by atoms with Crippen LogP contribution in [0.3, 0.4) is 0 Å². The average molecular weight is 397 g/mol. The Labute approximate surface area is 166 Å². The van der Waals surface area contributed by atoms with Gasteiger partial charge in [-0.05, 0) is 34.9 Å². The lowest BCUT2D eigenvalue weighted by atomic mass is 10.0. The summed E-state index contributed by atoms with van der Waals surface area (Å²) in [6.07, 6.45) is 0.739. The van der Waals surface area contributed by atoms with E-state index in [9.17, 15) is 13.2 Å². The Morgan fingerprint density at radius 2 is 1.61 bits per heavy atom. The lowest BCUT2D eigenvalue weighted by molar-refractivity contribution is -0.121. The van der Waals surface area contributed by atoms with E-state index in [1.54, 1.807) is 30.3 Å². The summed E-state index contributed by atoms with van der Waals surface area (Å²) in [5, 5.41) is 5.19. The van der Waals surface area contributed by atoms with Crippen molar-refractivity contribution >= 4 is 26.7 Å². The zero-order valence-corrected chi connectivity index (χ0v) is 16.7. The molecule has 6 heteroatoms. The van der Waals surface area contributed by atoms with Gasteiger partial charge in [-0.1, -0.05) is 60.7 Å². The Morgan fingerprint density at radius 1 is 0.929 bits per heavy atom. The summed E-state index contributed by atoms with van der Waals surface area (Å²) in [6, 6.07) is 22.4. The van der Waals surface area contributed by atoms with E-state index < -0.39 is 10.0 Å². The molecule has 0 aliphatic rings. The van der Waals surface area contributed by atoms with E-state index in [1.165, 1.54) is 11.4 Å². The fraction of sp³-hybridized carbons (Fsp3) is 0.227. The molecule has 3 rings (SSSR count). The van der Waals surface area contributed by atoms with E-state index in [0.29, 0.717) is 19.5 Å². The summed E-state index contributed by atoms with van der Waals surface area (Å²) in [5.41, 5.74) is 1.07. The first-order valence-corrected chi connectivity index (χ1v) is 10.7. The number of amides is 1. The second-order valence-electron chi connectivity index (χ2n) is 6.66. The normalized spacial score (nSPS) is 11.6. The van der Waals surface area contributed by atoms with E-state index in [4.69, 9.17) is 0 Å². The fourth-order valence-corrected chi connectivity index (χ4v) is 4.31. The number of hydrogen-bond acceptors (Lipinski definition) is 3. The first-order chi connectivity index (χ1) is 13.5. The van der Waals surface area contributed by atoms with Crippen LogP contribution in [0.4, 0.5) is 0 Å². The van der Waals surface area contributed by atoms with E-state index in [-0.39, 0.29) is 17.2 Å². The van der Waals surface area contributed by atoms with Gasteiger partial charge in [-0.3, -0.25) is 4.79 Å². The molecule has 0 heterocycles. The summed E-state index contributed by atoms with van der Waals surface area (Å²) in [6.45, 7) is 0.747. The molecule has 0 unspecified atom stereocenters. The van der Waals surface area contributed by atoms with Crippen LogP contribution in [-0.2, 0) is 21.4 Å². The lowest BCUT2D eigenvalue weighted by Gasteiger charge is -2.17. The Hall–Kier alpha value is -2.70. The highest BCUT2D eigenvalue weighted by Gasteiger charge is 2.20. The van der Waals surface area contributed by atoms with Crippen LogP contribution in [0.15, 0.2) is 77.7 Å². The van der Waals surface area contributed by atoms with E-state index in [1.807, 2.05) is 42.5 Å². The van der Waals surface area contributed by atoms with Gasteiger partial charge in [0.05, 0.1) is 4.90 Å². The zero-order valence-electron chi connectivity index (χ0n) is 15.8. The quantitative estimate of drug-likeness (QED) is 0.633. The van der Waals surface area contributed by atoms with Crippen molar-refractivity contribution in [2.24, 2.45) is 0 Å². The molecule has 3 aromatic rings. The second-order valence-corrected chi connectivity index (χ2v) is 8.70. The summed E-state index contributed by atoms with van der Waals surface area (Å²) < 4.78 is 26.2. The molecule has 0 aliphatic carbocycles. The predicted octanol–water partition coefficient (Wildman–Crippen LogP) is 3.56. The van der Waals surface area contributed by atoms with Crippen LogP contribution in [0.25, 0.3) is 10.8 Å². The van der Waals surface area contributed by atoms with Crippen molar-refractivity contribution < 1.29 is 13.2 Å². The summed E-state index contributed by atoms with van der Waals surface area (Å²) in [4.78, 5) is 12.4. The maximum Gasteiger partial charge on any atom is 0.242 e. The lowest BCUT2D eigenvalue weighted by Crippen LogP contribution is -2.29. The molecule has 1 amide bonds. The number of benzene rings is 3. The van der Waals surface area contributed by atoms with Crippen molar-refractivity contribution in [1.29, 1.82) is 0 Å². The third-order valence-electron chi connectivity index (χ3n) is 4.68. The van der Waals surface area contributed by atoms with Crippen LogP contribution in [0.1, 0.15) is 18.4 Å². The van der Waals surface area contributed by atoms with Crippen LogP contribution in [0.2, 0.25) is 0 Å². The molecule has 146 valence electrons. The summed E-state index contributed by atoms with van der Waals surface area (Å²) in [7, 11) is -1.98. The van der Waals surface area contributed by atoms with Crippen LogP contribution < -0.4 is 5.32 Å². The molecule has 0 saturated heterocycles. The van der Waals surface area contributed by atoms with Crippen LogP contribution in [0.5, 0.6) is 0 Å². The summed E-state index contributed by atoms with van der Waals surface area (Å²) in [5.74, 6) is -0.0848. The minimum absolute atomic E-state index is 0.0848. The highest BCUT2D eigenvalue weighted by molar-refractivity contribution is 7.89. The monoisotopic (exact) mass is 396 g/mol. The molecule has 3 aromatic carbocycles. The van der Waals surface area contributed by atoms with Gasteiger partial charge < -0.3 is 5.32 Å². The summed E-state index contributed by atoms with van der Waals surface area (Å²) >= 11 is 0. The molecule has 1 N–H and O–H groups in total. The van der Waals surface area contributed by atoms with Crippen LogP contribution in [0, 0.1) is 0 Å². The second kappa shape index (κ2) is 8.99. The van der Waals surface area contributed by atoms with Crippen LogP contribution >= 0.6 is 0 Å². The van der Waals surface area contributed by atoms with Crippen molar-refractivity contribution in [3.05, 3.63) is 78.4 Å². The molecule has 0 radical (unpaired) electrons. The van der Waals surface area contributed by atoms with Crippen molar-refractivity contribution in [1.82, 2.24) is 9.62 Å². The molecule has 0 fully saturated rings. The highest BCUT2D eigenvalue weighted by atomic mass is 32.2. The average Bonchev–Trinajstić information content (AvgIpc) is 2.72. The van der Waals surface area contributed by atoms with Crippen molar-refractivity contribution in [2.75, 3.05) is 13.6 Å². The molecule has 0 spiro atoms. The van der Waals surface area contributed by atoms with Gasteiger partial charge in [0.25, 0.3) is 0 Å². The zero-order chi connectivity index (χ0) is 20.0. The van der Waals surface area contributed by atoms with Crippen LogP contribution in [-0.4, -0.2) is 32.2 Å². The number of nitrogens with zero attached hydrogens (tertiary/aromatic N) is 1. The van der Waals surface area contributed by atoms with Crippen molar-refractivity contribution in [3.8, 4) is 0 Å². The molecule has 0 atom stereocenters. The van der Waals surface area contributed by atoms with E-state index in [2.05, 4.69) is 5.32 Å². The number of sulfonamides is 1. The number of carbonyl (C=O) groups is 1. The molecule has 0 saturated carbocycles. The number of fused-ring (bicyclic) bond motifs is 1. The largest absolute Gasteiger partial charge is 0.352 e. The Kier molecular flexibility index (Phi) is 6.44. The number of rotatable bonds is 8. The predicted molar refractivity (Wildman–Crippen MR) is 111 cm³/mol. The SMILES string of the molecule is CN(CCCC(=O)NCc1cccc2ccccc12)S(=O)(=O)c1ccccc1. The minimum Gasteiger partial charge on any atom is -0.352 e. The van der Waals surface area contributed by atoms with Gasteiger partial charge in [0.1, 0.15) is 0 Å². The smallest absolute Gasteiger partial charge is 0.242 e. The molecular formula is C22H24N2O3S. The van der Waals surface area contributed by atoms with Gasteiger partial charge in [0.15, 0.2) is 0 Å². The molecule has 0 bridgehead atoms. The number of hydrogen-bond donors (Lipinski definition) is 1. The fourth-order valence-electron chi connectivity index (χ4n) is 3.08. The topological polar surface area (TPSA) is 66.5 Å². The molecule has 0 aliphatic heterocycles. The first kappa shape index (κ1) is 20.0. The molecular weight excluding hydrogens is 372 g/mol. The van der Waals surface area contributed by atoms with Gasteiger partial charge in [0, 0.05) is 26.6 Å². The first-order valence-electron chi connectivity index (χ1n) is 9.23. The van der Waals surface area contributed by atoms with E-state index >= 15 is 0 Å². The van der Waals surface area contributed by atoms with Crippen molar-refractivity contribution in [2.45, 2.75) is 24.3 Å². The third kappa shape index (κ3) is 4.77. The van der Waals surface area contributed by atoms with Gasteiger partial charge in [-0.2, -0.15) is 0 Å². The standard InChI is InChI=1S/C22H24N2O3S/c1-24(28(26,27)20-12-3-2-4-13-20)16-8-15-22(25)23-17-19-11-7-10-18-9-5-6-14-21(18)19/h2-7,9-14H,8,15-17H2,1H3,(H,23,25). The number of carbonyl (C=O) groups excluding carboxylic acids is 1.